The van der Waals surface area contributed by atoms with E-state index in [4.69, 9.17) is 4.74 Å². The molecule has 5 heteroatoms. The number of likely N-dealkylation sites (N-methyl/N-ethyl adjacent to an activating group) is 2. The summed E-state index contributed by atoms with van der Waals surface area (Å²) in [7, 11) is 3.66. The minimum absolute atomic E-state index is 0.00911. The van der Waals surface area contributed by atoms with Crippen LogP contribution in [0.2, 0.25) is 0 Å². The summed E-state index contributed by atoms with van der Waals surface area (Å²) in [5, 5.41) is 3.03. The lowest BCUT2D eigenvalue weighted by Crippen LogP contribution is -2.32. The number of ether oxygens (including phenoxy) is 1. The number of amides is 1. The van der Waals surface area contributed by atoms with E-state index in [1.54, 1.807) is 18.0 Å². The Morgan fingerprint density at radius 3 is 2.68 bits per heavy atom. The van der Waals surface area contributed by atoms with Gasteiger partial charge < -0.3 is 15.0 Å². The van der Waals surface area contributed by atoms with Crippen molar-refractivity contribution < 1.29 is 9.53 Å². The van der Waals surface area contributed by atoms with E-state index in [2.05, 4.69) is 21.2 Å². The monoisotopic (exact) mass is 328 g/mol. The summed E-state index contributed by atoms with van der Waals surface area (Å²) in [5.41, 5.74) is 0.628. The molecule has 0 fully saturated rings. The average molecular weight is 329 g/mol. The summed E-state index contributed by atoms with van der Waals surface area (Å²) in [6, 6.07) is 5.46. The van der Waals surface area contributed by atoms with E-state index in [1.165, 1.54) is 0 Å². The van der Waals surface area contributed by atoms with Gasteiger partial charge in [-0.1, -0.05) is 15.9 Å². The molecule has 0 aliphatic heterocycles. The fourth-order valence-electron chi connectivity index (χ4n) is 1.63. The zero-order valence-corrected chi connectivity index (χ0v) is 13.5. The molecule has 1 amide bonds. The van der Waals surface area contributed by atoms with Gasteiger partial charge in [0.2, 0.25) is 0 Å². The zero-order chi connectivity index (χ0) is 14.4. The number of rotatable bonds is 6. The second-order valence-corrected chi connectivity index (χ2v) is 5.59. The molecule has 19 heavy (non-hydrogen) atoms. The van der Waals surface area contributed by atoms with Crippen molar-refractivity contribution in [3.05, 3.63) is 28.2 Å². The van der Waals surface area contributed by atoms with Gasteiger partial charge in [0, 0.05) is 30.2 Å². The van der Waals surface area contributed by atoms with Gasteiger partial charge in [-0.2, -0.15) is 0 Å². The molecule has 0 heterocycles. The molecule has 0 aliphatic carbocycles. The molecule has 0 saturated carbocycles. The molecule has 0 spiro atoms. The van der Waals surface area contributed by atoms with Gasteiger partial charge in [0.05, 0.1) is 6.10 Å². The lowest BCUT2D eigenvalue weighted by molar-refractivity contribution is 0.0796. The molecule has 0 atom stereocenters. The van der Waals surface area contributed by atoms with Crippen LogP contribution in [0.1, 0.15) is 24.2 Å². The highest BCUT2D eigenvalue weighted by atomic mass is 79.9. The van der Waals surface area contributed by atoms with Crippen LogP contribution in [0.4, 0.5) is 0 Å². The van der Waals surface area contributed by atoms with Gasteiger partial charge >= 0.3 is 0 Å². The zero-order valence-electron chi connectivity index (χ0n) is 11.9. The molecule has 1 N–H and O–H groups in total. The predicted molar refractivity (Wildman–Crippen MR) is 80.8 cm³/mol. The maximum absolute atomic E-state index is 12.3. The van der Waals surface area contributed by atoms with Crippen molar-refractivity contribution in [1.82, 2.24) is 10.2 Å². The standard InChI is InChI=1S/C14H21BrN2O2/c1-10(2)19-13-8-11(7-12(15)9-13)14(18)17(4)6-5-16-3/h7-10,16H,5-6H2,1-4H3. The van der Waals surface area contributed by atoms with Gasteiger partial charge in [0.15, 0.2) is 0 Å². The summed E-state index contributed by atoms with van der Waals surface area (Å²) in [6.45, 7) is 5.36. The molecule has 0 saturated heterocycles. The molecule has 0 bridgehead atoms. The Morgan fingerprint density at radius 2 is 2.11 bits per heavy atom. The minimum atomic E-state index is -0.00911. The summed E-state index contributed by atoms with van der Waals surface area (Å²) < 4.78 is 6.48. The maximum Gasteiger partial charge on any atom is 0.253 e. The van der Waals surface area contributed by atoms with Crippen molar-refractivity contribution in [2.75, 3.05) is 27.2 Å². The number of nitrogens with one attached hydrogen (secondary N) is 1. The molecule has 0 aromatic heterocycles. The van der Waals surface area contributed by atoms with E-state index in [0.29, 0.717) is 17.9 Å². The molecule has 1 aromatic rings. The molecule has 4 nitrogen and oxygen atoms in total. The third-order valence-corrected chi connectivity index (χ3v) is 2.99. The molecular formula is C14H21BrN2O2. The van der Waals surface area contributed by atoms with Gasteiger partial charge in [-0.25, -0.2) is 0 Å². The molecule has 0 radical (unpaired) electrons. The Bertz CT molecular complexity index is 435. The van der Waals surface area contributed by atoms with E-state index in [0.717, 1.165) is 11.0 Å². The summed E-state index contributed by atoms with van der Waals surface area (Å²) >= 11 is 3.41. The fourth-order valence-corrected chi connectivity index (χ4v) is 2.10. The Labute approximate surface area is 123 Å². The Morgan fingerprint density at radius 1 is 1.42 bits per heavy atom. The van der Waals surface area contributed by atoms with E-state index in [1.807, 2.05) is 33.0 Å². The van der Waals surface area contributed by atoms with Crippen LogP contribution in [-0.2, 0) is 0 Å². The second-order valence-electron chi connectivity index (χ2n) is 4.67. The van der Waals surface area contributed by atoms with Crippen LogP contribution in [-0.4, -0.2) is 44.1 Å². The largest absolute Gasteiger partial charge is 0.491 e. The third-order valence-electron chi connectivity index (χ3n) is 2.53. The number of benzene rings is 1. The van der Waals surface area contributed by atoms with Crippen molar-refractivity contribution in [2.24, 2.45) is 0 Å². The summed E-state index contributed by atoms with van der Waals surface area (Å²) in [4.78, 5) is 14.0. The van der Waals surface area contributed by atoms with Crippen LogP contribution in [0.15, 0.2) is 22.7 Å². The first-order valence-electron chi connectivity index (χ1n) is 6.31. The van der Waals surface area contributed by atoms with Crippen molar-refractivity contribution in [1.29, 1.82) is 0 Å². The number of hydrogen-bond acceptors (Lipinski definition) is 3. The van der Waals surface area contributed by atoms with Gasteiger partial charge in [-0.3, -0.25) is 4.79 Å². The van der Waals surface area contributed by atoms with Crippen LogP contribution in [0.5, 0.6) is 5.75 Å². The summed E-state index contributed by atoms with van der Waals surface area (Å²) in [5.74, 6) is 0.694. The average Bonchev–Trinajstić information content (AvgIpc) is 2.33. The van der Waals surface area contributed by atoms with Gasteiger partial charge in [0.1, 0.15) is 5.75 Å². The van der Waals surface area contributed by atoms with E-state index >= 15 is 0 Å². The first-order valence-corrected chi connectivity index (χ1v) is 7.10. The highest BCUT2D eigenvalue weighted by Crippen LogP contribution is 2.23. The van der Waals surface area contributed by atoms with Crippen LogP contribution >= 0.6 is 15.9 Å². The number of hydrogen-bond donors (Lipinski definition) is 1. The number of carbonyl (C=O) groups is 1. The first kappa shape index (κ1) is 16.0. The van der Waals surface area contributed by atoms with Crippen molar-refractivity contribution in [3.8, 4) is 5.75 Å². The molecule has 1 aromatic carbocycles. The van der Waals surface area contributed by atoms with Crippen LogP contribution < -0.4 is 10.1 Å². The summed E-state index contributed by atoms with van der Waals surface area (Å²) in [6.07, 6.45) is 0.0827. The third kappa shape index (κ3) is 5.20. The Kier molecular flexibility index (Phi) is 6.31. The number of carbonyl (C=O) groups excluding carboxylic acids is 1. The number of nitrogens with zero attached hydrogens (tertiary/aromatic N) is 1. The van der Waals surface area contributed by atoms with E-state index in [-0.39, 0.29) is 12.0 Å². The van der Waals surface area contributed by atoms with Crippen LogP contribution in [0.25, 0.3) is 0 Å². The lowest BCUT2D eigenvalue weighted by Gasteiger charge is -2.18. The lowest BCUT2D eigenvalue weighted by atomic mass is 10.2. The van der Waals surface area contributed by atoms with E-state index < -0.39 is 0 Å². The predicted octanol–water partition coefficient (Wildman–Crippen LogP) is 2.53. The molecule has 0 unspecified atom stereocenters. The normalized spacial score (nSPS) is 10.6. The minimum Gasteiger partial charge on any atom is -0.491 e. The maximum atomic E-state index is 12.3. The first-order chi connectivity index (χ1) is 8.93. The van der Waals surface area contributed by atoms with Gasteiger partial charge in [-0.15, -0.1) is 0 Å². The smallest absolute Gasteiger partial charge is 0.253 e. The van der Waals surface area contributed by atoms with Gasteiger partial charge in [0.25, 0.3) is 5.91 Å². The Hall–Kier alpha value is -1.07. The molecular weight excluding hydrogens is 308 g/mol. The van der Waals surface area contributed by atoms with Crippen LogP contribution in [0.3, 0.4) is 0 Å². The number of halogens is 1. The Balaban J connectivity index is 2.87. The van der Waals surface area contributed by atoms with Crippen LogP contribution in [0, 0.1) is 0 Å². The fraction of sp³-hybridized carbons (Fsp3) is 0.500. The molecule has 106 valence electrons. The molecule has 1 rings (SSSR count). The molecule has 0 aliphatic rings. The second kappa shape index (κ2) is 7.50. The topological polar surface area (TPSA) is 41.6 Å². The highest BCUT2D eigenvalue weighted by Gasteiger charge is 2.13. The highest BCUT2D eigenvalue weighted by molar-refractivity contribution is 9.10. The quantitative estimate of drug-likeness (QED) is 0.872. The SMILES string of the molecule is CNCCN(C)C(=O)c1cc(Br)cc(OC(C)C)c1. The van der Waals surface area contributed by atoms with Crippen molar-refractivity contribution >= 4 is 21.8 Å². The van der Waals surface area contributed by atoms with Crippen molar-refractivity contribution in [3.63, 3.8) is 0 Å². The van der Waals surface area contributed by atoms with Gasteiger partial charge in [-0.05, 0) is 39.1 Å². The van der Waals surface area contributed by atoms with Crippen molar-refractivity contribution in [2.45, 2.75) is 20.0 Å². The van der Waals surface area contributed by atoms with E-state index in [9.17, 15) is 4.79 Å².